The number of hydrogen-bond acceptors (Lipinski definition) is 6. The summed E-state index contributed by atoms with van der Waals surface area (Å²) in [6.45, 7) is 1.98. The van der Waals surface area contributed by atoms with E-state index in [9.17, 15) is 4.79 Å². The average molecular weight is 292 g/mol. The molecule has 0 amide bonds. The van der Waals surface area contributed by atoms with Crippen LogP contribution in [-0.2, 0) is 7.05 Å². The van der Waals surface area contributed by atoms with E-state index in [1.54, 1.807) is 43.1 Å². The van der Waals surface area contributed by atoms with Gasteiger partial charge in [-0.1, -0.05) is 18.7 Å². The number of tetrazole rings is 1. The fourth-order valence-corrected chi connectivity index (χ4v) is 2.65. The van der Waals surface area contributed by atoms with Gasteiger partial charge in [0.1, 0.15) is 5.75 Å². The molecule has 0 aliphatic carbocycles. The van der Waals surface area contributed by atoms with Crippen LogP contribution in [0.4, 0.5) is 0 Å². The maximum absolute atomic E-state index is 12.5. The first-order valence-corrected chi connectivity index (χ1v) is 7.11. The van der Waals surface area contributed by atoms with Crippen LogP contribution in [0.15, 0.2) is 29.4 Å². The number of hydrogen-bond donors (Lipinski definition) is 0. The molecule has 1 heterocycles. The van der Waals surface area contributed by atoms with Crippen LogP contribution in [0.1, 0.15) is 23.7 Å². The summed E-state index contributed by atoms with van der Waals surface area (Å²) in [4.78, 5) is 12.5. The van der Waals surface area contributed by atoms with Gasteiger partial charge >= 0.3 is 0 Å². The molecule has 0 spiro atoms. The highest BCUT2D eigenvalue weighted by Gasteiger charge is 2.22. The number of nitrogens with zero attached hydrogens (tertiary/aromatic N) is 4. The number of aromatic nitrogens is 4. The lowest BCUT2D eigenvalue weighted by molar-refractivity contribution is 0.0988. The van der Waals surface area contributed by atoms with Crippen LogP contribution < -0.4 is 4.74 Å². The second-order valence-corrected chi connectivity index (χ2v) is 5.36. The van der Waals surface area contributed by atoms with Crippen molar-refractivity contribution >= 4 is 17.5 Å². The minimum Gasteiger partial charge on any atom is -0.497 e. The Bertz CT molecular complexity index is 582. The molecule has 0 saturated heterocycles. The first kappa shape index (κ1) is 14.5. The maximum atomic E-state index is 12.5. The number of carbonyl (C=O) groups excluding carboxylic acids is 1. The van der Waals surface area contributed by atoms with Gasteiger partial charge in [-0.2, -0.15) is 0 Å². The smallest absolute Gasteiger partial charge is 0.209 e. The SMILES string of the molecule is CCC(Sc1nnnn1C)C(=O)c1ccc(OC)cc1. The van der Waals surface area contributed by atoms with Crippen molar-refractivity contribution in [1.82, 2.24) is 20.2 Å². The highest BCUT2D eigenvalue weighted by Crippen LogP contribution is 2.26. The van der Waals surface area contributed by atoms with Crippen LogP contribution >= 0.6 is 11.8 Å². The van der Waals surface area contributed by atoms with E-state index in [2.05, 4.69) is 15.5 Å². The Kier molecular flexibility index (Phi) is 4.73. The zero-order valence-corrected chi connectivity index (χ0v) is 12.4. The summed E-state index contributed by atoms with van der Waals surface area (Å²) in [7, 11) is 3.36. The molecule has 6 nitrogen and oxygen atoms in total. The van der Waals surface area contributed by atoms with Gasteiger partial charge in [0, 0.05) is 12.6 Å². The van der Waals surface area contributed by atoms with Crippen molar-refractivity contribution < 1.29 is 9.53 Å². The number of carbonyl (C=O) groups is 1. The van der Waals surface area contributed by atoms with Crippen molar-refractivity contribution in [3.8, 4) is 5.75 Å². The van der Waals surface area contributed by atoms with E-state index in [1.165, 1.54) is 11.8 Å². The topological polar surface area (TPSA) is 69.9 Å². The number of aryl methyl sites for hydroxylation is 1. The van der Waals surface area contributed by atoms with Crippen LogP contribution in [0.3, 0.4) is 0 Å². The normalized spacial score (nSPS) is 12.2. The van der Waals surface area contributed by atoms with Gasteiger partial charge in [0.25, 0.3) is 0 Å². The summed E-state index contributed by atoms with van der Waals surface area (Å²) in [5, 5.41) is 11.7. The minimum absolute atomic E-state index is 0.0724. The molecule has 2 rings (SSSR count). The molecule has 0 bridgehead atoms. The molecule has 0 aliphatic rings. The molecule has 106 valence electrons. The minimum atomic E-state index is -0.201. The van der Waals surface area contributed by atoms with Crippen molar-refractivity contribution in [3.63, 3.8) is 0 Å². The van der Waals surface area contributed by atoms with Crippen molar-refractivity contribution in [2.75, 3.05) is 7.11 Å². The van der Waals surface area contributed by atoms with Gasteiger partial charge in [-0.3, -0.25) is 4.79 Å². The number of benzene rings is 1. The Morgan fingerprint density at radius 1 is 1.40 bits per heavy atom. The Labute approximate surface area is 121 Å². The number of rotatable bonds is 6. The Morgan fingerprint density at radius 2 is 2.10 bits per heavy atom. The molecular weight excluding hydrogens is 276 g/mol. The second-order valence-electron chi connectivity index (χ2n) is 4.19. The number of ketones is 1. The Hall–Kier alpha value is -1.89. The van der Waals surface area contributed by atoms with E-state index in [1.807, 2.05) is 6.92 Å². The summed E-state index contributed by atoms with van der Waals surface area (Å²) in [5.41, 5.74) is 0.667. The molecule has 1 unspecified atom stereocenters. The molecule has 20 heavy (non-hydrogen) atoms. The largest absolute Gasteiger partial charge is 0.497 e. The van der Waals surface area contributed by atoms with Gasteiger partial charge in [-0.25, -0.2) is 4.68 Å². The Morgan fingerprint density at radius 3 is 2.60 bits per heavy atom. The predicted octanol–water partition coefficient (Wildman–Crippen LogP) is 1.97. The van der Waals surface area contributed by atoms with Crippen LogP contribution in [0.5, 0.6) is 5.75 Å². The average Bonchev–Trinajstić information content (AvgIpc) is 2.89. The lowest BCUT2D eigenvalue weighted by atomic mass is 10.1. The van der Waals surface area contributed by atoms with Gasteiger partial charge in [0.15, 0.2) is 5.78 Å². The molecule has 0 saturated carbocycles. The third-order valence-electron chi connectivity index (χ3n) is 2.87. The van der Waals surface area contributed by atoms with Crippen molar-refractivity contribution in [2.24, 2.45) is 7.05 Å². The van der Waals surface area contributed by atoms with Gasteiger partial charge < -0.3 is 4.74 Å². The van der Waals surface area contributed by atoms with E-state index < -0.39 is 0 Å². The van der Waals surface area contributed by atoms with E-state index in [0.717, 1.165) is 5.75 Å². The van der Waals surface area contributed by atoms with Gasteiger partial charge in [0.2, 0.25) is 5.16 Å². The van der Waals surface area contributed by atoms with E-state index in [0.29, 0.717) is 17.1 Å². The summed E-state index contributed by atoms with van der Waals surface area (Å²) < 4.78 is 6.65. The summed E-state index contributed by atoms with van der Waals surface area (Å²) in [6, 6.07) is 7.13. The summed E-state index contributed by atoms with van der Waals surface area (Å²) in [5.74, 6) is 0.808. The summed E-state index contributed by atoms with van der Waals surface area (Å²) in [6.07, 6.45) is 0.711. The lowest BCUT2D eigenvalue weighted by Crippen LogP contribution is -2.17. The van der Waals surface area contributed by atoms with E-state index >= 15 is 0 Å². The molecule has 7 heteroatoms. The summed E-state index contributed by atoms with van der Waals surface area (Å²) >= 11 is 1.38. The molecule has 2 aromatic rings. The van der Waals surface area contributed by atoms with Crippen LogP contribution in [0.2, 0.25) is 0 Å². The first-order valence-electron chi connectivity index (χ1n) is 6.23. The highest BCUT2D eigenvalue weighted by molar-refractivity contribution is 8.00. The van der Waals surface area contributed by atoms with E-state index in [4.69, 9.17) is 4.74 Å². The highest BCUT2D eigenvalue weighted by atomic mass is 32.2. The molecule has 1 atom stereocenters. The fourth-order valence-electron chi connectivity index (χ4n) is 1.71. The quantitative estimate of drug-likeness (QED) is 0.599. The van der Waals surface area contributed by atoms with E-state index in [-0.39, 0.29) is 11.0 Å². The zero-order valence-electron chi connectivity index (χ0n) is 11.6. The first-order chi connectivity index (χ1) is 9.65. The predicted molar refractivity (Wildman–Crippen MR) is 76.1 cm³/mol. The number of thioether (sulfide) groups is 1. The number of methoxy groups -OCH3 is 1. The monoisotopic (exact) mass is 292 g/mol. The van der Waals surface area contributed by atoms with Crippen molar-refractivity contribution in [3.05, 3.63) is 29.8 Å². The van der Waals surface area contributed by atoms with Crippen LogP contribution in [0.25, 0.3) is 0 Å². The molecule has 0 N–H and O–H groups in total. The lowest BCUT2D eigenvalue weighted by Gasteiger charge is -2.12. The molecule has 0 fully saturated rings. The van der Waals surface area contributed by atoms with Crippen molar-refractivity contribution in [2.45, 2.75) is 23.8 Å². The van der Waals surface area contributed by atoms with Gasteiger partial charge in [0.05, 0.1) is 12.4 Å². The van der Waals surface area contributed by atoms with Crippen LogP contribution in [-0.4, -0.2) is 38.4 Å². The standard InChI is InChI=1S/C13H16N4O2S/c1-4-11(20-13-14-15-16-17(13)2)12(18)9-5-7-10(19-3)8-6-9/h5-8,11H,4H2,1-3H3. The molecule has 1 aromatic heterocycles. The maximum Gasteiger partial charge on any atom is 0.209 e. The zero-order chi connectivity index (χ0) is 14.5. The van der Waals surface area contributed by atoms with Gasteiger partial charge in [-0.15, -0.1) is 5.10 Å². The number of Topliss-reactive ketones (excluding diaryl/α,β-unsaturated/α-hetero) is 1. The number of ether oxygens (including phenoxy) is 1. The van der Waals surface area contributed by atoms with Crippen LogP contribution in [0, 0.1) is 0 Å². The molecule has 1 aromatic carbocycles. The van der Waals surface area contributed by atoms with Crippen molar-refractivity contribution in [1.29, 1.82) is 0 Å². The Balaban J connectivity index is 2.14. The third-order valence-corrected chi connectivity index (χ3v) is 4.26. The second kappa shape index (κ2) is 6.51. The third kappa shape index (κ3) is 3.16. The van der Waals surface area contributed by atoms with Gasteiger partial charge in [-0.05, 0) is 41.1 Å². The molecule has 0 radical (unpaired) electrons. The molecule has 0 aliphatic heterocycles. The fraction of sp³-hybridized carbons (Fsp3) is 0.385. The molecular formula is C13H16N4O2S.